The van der Waals surface area contributed by atoms with Crippen molar-refractivity contribution < 1.29 is 0 Å². The molecule has 1 aromatic carbocycles. The Bertz CT molecular complexity index is 293. The summed E-state index contributed by atoms with van der Waals surface area (Å²) in [4.78, 5) is 0. The fraction of sp³-hybridized carbons (Fsp3) is 0.571. The van der Waals surface area contributed by atoms with Gasteiger partial charge in [-0.1, -0.05) is 37.3 Å². The Morgan fingerprint density at radius 3 is 2.53 bits per heavy atom. The fourth-order valence-electron chi connectivity index (χ4n) is 2.55. The van der Waals surface area contributed by atoms with Gasteiger partial charge in [-0.3, -0.25) is 0 Å². The lowest BCUT2D eigenvalue weighted by Gasteiger charge is -2.19. The smallest absolute Gasteiger partial charge is 0.0294 e. The Morgan fingerprint density at radius 2 is 1.93 bits per heavy atom. The van der Waals surface area contributed by atoms with Gasteiger partial charge in [-0.05, 0) is 37.7 Å². The maximum Gasteiger partial charge on any atom is 0.0294 e. The van der Waals surface area contributed by atoms with E-state index in [1.165, 1.54) is 24.8 Å². The minimum absolute atomic E-state index is 0.487. The maximum atomic E-state index is 3.73. The summed E-state index contributed by atoms with van der Waals surface area (Å²) < 4.78 is 0. The van der Waals surface area contributed by atoms with Crippen molar-refractivity contribution in [3.8, 4) is 0 Å². The summed E-state index contributed by atoms with van der Waals surface area (Å²) in [6, 6.07) is 11.9. The Labute approximate surface area is 92.9 Å². The van der Waals surface area contributed by atoms with E-state index in [1.807, 2.05) is 0 Å². The molecular formula is C14H21N. The van der Waals surface area contributed by atoms with Crippen LogP contribution in [0.3, 0.4) is 0 Å². The molecule has 1 fully saturated rings. The molecule has 0 amide bonds. The first kappa shape index (κ1) is 10.7. The summed E-state index contributed by atoms with van der Waals surface area (Å²) in [5, 5.41) is 3.73. The third-order valence-electron chi connectivity index (χ3n) is 3.48. The Kier molecular flexibility index (Phi) is 3.42. The molecule has 0 heterocycles. The molecule has 1 aliphatic carbocycles. The van der Waals surface area contributed by atoms with Gasteiger partial charge in [0.25, 0.3) is 0 Å². The van der Waals surface area contributed by atoms with Gasteiger partial charge in [0.2, 0.25) is 0 Å². The third-order valence-corrected chi connectivity index (χ3v) is 3.48. The van der Waals surface area contributed by atoms with Crippen LogP contribution in [0.15, 0.2) is 30.3 Å². The van der Waals surface area contributed by atoms with Crippen molar-refractivity contribution in [1.29, 1.82) is 0 Å². The molecule has 0 radical (unpaired) electrons. The standard InChI is InChI=1S/C14H21N/c1-11-8-9-14(10-11)15-12(2)13-6-4-3-5-7-13/h3-7,11-12,14-15H,8-10H2,1-2H3/t11-,12+,14+/m1/s1. The van der Waals surface area contributed by atoms with Crippen LogP contribution in [0.5, 0.6) is 0 Å². The van der Waals surface area contributed by atoms with Gasteiger partial charge in [0.1, 0.15) is 0 Å². The molecule has 0 bridgehead atoms. The van der Waals surface area contributed by atoms with Gasteiger partial charge in [0, 0.05) is 12.1 Å². The van der Waals surface area contributed by atoms with Crippen LogP contribution in [0.1, 0.15) is 44.7 Å². The highest BCUT2D eigenvalue weighted by Gasteiger charge is 2.22. The number of nitrogens with one attached hydrogen (secondary N) is 1. The van der Waals surface area contributed by atoms with E-state index in [2.05, 4.69) is 49.5 Å². The van der Waals surface area contributed by atoms with E-state index in [9.17, 15) is 0 Å². The Morgan fingerprint density at radius 1 is 1.20 bits per heavy atom. The van der Waals surface area contributed by atoms with E-state index in [-0.39, 0.29) is 0 Å². The average Bonchev–Trinajstić information content (AvgIpc) is 2.65. The molecule has 2 rings (SSSR count). The van der Waals surface area contributed by atoms with Crippen LogP contribution in [0.2, 0.25) is 0 Å². The number of hydrogen-bond donors (Lipinski definition) is 1. The average molecular weight is 203 g/mol. The topological polar surface area (TPSA) is 12.0 Å². The predicted molar refractivity (Wildman–Crippen MR) is 64.8 cm³/mol. The first-order chi connectivity index (χ1) is 7.25. The first-order valence-electron chi connectivity index (χ1n) is 6.06. The van der Waals surface area contributed by atoms with Gasteiger partial charge in [0.05, 0.1) is 0 Å². The molecule has 1 N–H and O–H groups in total. The van der Waals surface area contributed by atoms with Crippen molar-refractivity contribution in [1.82, 2.24) is 5.32 Å². The molecule has 3 atom stereocenters. The van der Waals surface area contributed by atoms with Gasteiger partial charge in [-0.15, -0.1) is 0 Å². The van der Waals surface area contributed by atoms with Crippen LogP contribution < -0.4 is 5.32 Å². The molecule has 1 nitrogen and oxygen atoms in total. The molecule has 1 saturated carbocycles. The molecule has 0 aromatic heterocycles. The molecular weight excluding hydrogens is 182 g/mol. The summed E-state index contributed by atoms with van der Waals surface area (Å²) in [5.74, 6) is 0.908. The second-order valence-corrected chi connectivity index (χ2v) is 4.91. The SMILES string of the molecule is C[C@@H]1CC[C@H](N[C@@H](C)c2ccccc2)C1. The highest BCUT2D eigenvalue weighted by atomic mass is 14.9. The summed E-state index contributed by atoms with van der Waals surface area (Å²) in [6.07, 6.45) is 4.08. The van der Waals surface area contributed by atoms with Crippen molar-refractivity contribution in [2.24, 2.45) is 5.92 Å². The van der Waals surface area contributed by atoms with Crippen molar-refractivity contribution in [3.63, 3.8) is 0 Å². The van der Waals surface area contributed by atoms with Gasteiger partial charge >= 0.3 is 0 Å². The first-order valence-corrected chi connectivity index (χ1v) is 6.06. The van der Waals surface area contributed by atoms with Crippen LogP contribution in [0.4, 0.5) is 0 Å². The quantitative estimate of drug-likeness (QED) is 0.792. The lowest BCUT2D eigenvalue weighted by Crippen LogP contribution is -2.29. The molecule has 1 heteroatoms. The molecule has 15 heavy (non-hydrogen) atoms. The van der Waals surface area contributed by atoms with E-state index in [4.69, 9.17) is 0 Å². The number of rotatable bonds is 3. The lowest BCUT2D eigenvalue weighted by molar-refractivity contribution is 0.449. The second kappa shape index (κ2) is 4.80. The molecule has 0 spiro atoms. The summed E-state index contributed by atoms with van der Waals surface area (Å²) in [5.41, 5.74) is 1.40. The maximum absolute atomic E-state index is 3.73. The molecule has 0 saturated heterocycles. The van der Waals surface area contributed by atoms with Crippen molar-refractivity contribution in [2.45, 2.75) is 45.2 Å². The minimum atomic E-state index is 0.487. The van der Waals surface area contributed by atoms with E-state index >= 15 is 0 Å². The zero-order valence-electron chi connectivity index (χ0n) is 9.74. The van der Waals surface area contributed by atoms with E-state index in [0.717, 1.165) is 12.0 Å². The zero-order valence-corrected chi connectivity index (χ0v) is 9.74. The Balaban J connectivity index is 1.90. The second-order valence-electron chi connectivity index (χ2n) is 4.91. The fourth-order valence-corrected chi connectivity index (χ4v) is 2.55. The third kappa shape index (κ3) is 2.82. The monoisotopic (exact) mass is 203 g/mol. The molecule has 0 unspecified atom stereocenters. The van der Waals surface area contributed by atoms with Gasteiger partial charge < -0.3 is 5.32 Å². The van der Waals surface area contributed by atoms with E-state index in [1.54, 1.807) is 0 Å². The van der Waals surface area contributed by atoms with Crippen LogP contribution in [-0.2, 0) is 0 Å². The Hall–Kier alpha value is -0.820. The molecule has 1 aliphatic rings. The molecule has 1 aromatic rings. The lowest BCUT2D eigenvalue weighted by atomic mass is 10.1. The predicted octanol–water partition coefficient (Wildman–Crippen LogP) is 3.53. The van der Waals surface area contributed by atoms with Crippen molar-refractivity contribution in [3.05, 3.63) is 35.9 Å². The van der Waals surface area contributed by atoms with Gasteiger partial charge in [-0.25, -0.2) is 0 Å². The molecule has 0 aliphatic heterocycles. The minimum Gasteiger partial charge on any atom is -0.307 e. The van der Waals surface area contributed by atoms with Crippen LogP contribution in [0.25, 0.3) is 0 Å². The van der Waals surface area contributed by atoms with E-state index < -0.39 is 0 Å². The highest BCUT2D eigenvalue weighted by molar-refractivity contribution is 5.18. The zero-order chi connectivity index (χ0) is 10.7. The number of benzene rings is 1. The summed E-state index contributed by atoms with van der Waals surface area (Å²) in [6.45, 7) is 4.62. The largest absolute Gasteiger partial charge is 0.307 e. The normalized spacial score (nSPS) is 27.9. The van der Waals surface area contributed by atoms with Crippen LogP contribution in [-0.4, -0.2) is 6.04 Å². The van der Waals surface area contributed by atoms with Crippen LogP contribution in [0, 0.1) is 5.92 Å². The van der Waals surface area contributed by atoms with Crippen molar-refractivity contribution in [2.75, 3.05) is 0 Å². The summed E-state index contributed by atoms with van der Waals surface area (Å²) in [7, 11) is 0. The highest BCUT2D eigenvalue weighted by Crippen LogP contribution is 2.26. The number of hydrogen-bond acceptors (Lipinski definition) is 1. The van der Waals surface area contributed by atoms with E-state index in [0.29, 0.717) is 6.04 Å². The summed E-state index contributed by atoms with van der Waals surface area (Å²) >= 11 is 0. The van der Waals surface area contributed by atoms with Crippen molar-refractivity contribution >= 4 is 0 Å². The van der Waals surface area contributed by atoms with Crippen LogP contribution >= 0.6 is 0 Å². The van der Waals surface area contributed by atoms with Gasteiger partial charge in [0.15, 0.2) is 0 Å². The molecule has 82 valence electrons. The van der Waals surface area contributed by atoms with Gasteiger partial charge in [-0.2, -0.15) is 0 Å².